The molecular formula is C14H28N2O. The summed E-state index contributed by atoms with van der Waals surface area (Å²) in [6, 6.07) is 0.406. The Morgan fingerprint density at radius 3 is 2.35 bits per heavy atom. The average Bonchev–Trinajstić information content (AvgIpc) is 2.58. The van der Waals surface area contributed by atoms with E-state index in [-0.39, 0.29) is 0 Å². The largest absolute Gasteiger partial charge is 0.389 e. The highest BCUT2D eigenvalue weighted by atomic mass is 16.3. The first kappa shape index (κ1) is 13.3. The average molecular weight is 240 g/mol. The van der Waals surface area contributed by atoms with Gasteiger partial charge in [0.1, 0.15) is 0 Å². The van der Waals surface area contributed by atoms with E-state index in [0.29, 0.717) is 6.04 Å². The molecule has 2 unspecified atom stereocenters. The molecule has 0 radical (unpaired) electrons. The summed E-state index contributed by atoms with van der Waals surface area (Å²) >= 11 is 0. The highest BCUT2D eigenvalue weighted by molar-refractivity contribution is 4.96. The molecule has 0 aromatic carbocycles. The van der Waals surface area contributed by atoms with Crippen LogP contribution in [0, 0.1) is 5.92 Å². The van der Waals surface area contributed by atoms with Crippen LogP contribution in [0.2, 0.25) is 0 Å². The van der Waals surface area contributed by atoms with E-state index in [9.17, 15) is 5.11 Å². The van der Waals surface area contributed by atoms with Crippen molar-refractivity contribution in [2.45, 2.75) is 51.7 Å². The van der Waals surface area contributed by atoms with E-state index in [4.69, 9.17) is 0 Å². The van der Waals surface area contributed by atoms with Gasteiger partial charge in [-0.15, -0.1) is 0 Å². The van der Waals surface area contributed by atoms with E-state index < -0.39 is 5.60 Å². The first-order valence-corrected chi connectivity index (χ1v) is 7.18. The topological polar surface area (TPSA) is 26.7 Å². The fourth-order valence-corrected chi connectivity index (χ4v) is 3.48. The zero-order chi connectivity index (χ0) is 12.5. The molecular weight excluding hydrogens is 212 g/mol. The maximum atomic E-state index is 10.4. The lowest BCUT2D eigenvalue weighted by Gasteiger charge is -2.42. The Labute approximate surface area is 106 Å². The van der Waals surface area contributed by atoms with Crippen molar-refractivity contribution in [1.82, 2.24) is 9.80 Å². The molecule has 1 saturated carbocycles. The van der Waals surface area contributed by atoms with Crippen molar-refractivity contribution in [3.05, 3.63) is 0 Å². The van der Waals surface area contributed by atoms with Gasteiger partial charge in [0.25, 0.3) is 0 Å². The zero-order valence-electron chi connectivity index (χ0n) is 11.7. The fraction of sp³-hybridized carbons (Fsp3) is 1.00. The fourth-order valence-electron chi connectivity index (χ4n) is 3.48. The van der Waals surface area contributed by atoms with Crippen LogP contribution in [0.4, 0.5) is 0 Å². The minimum absolute atomic E-state index is 0.406. The number of aliphatic hydroxyl groups is 1. The molecule has 100 valence electrons. The predicted octanol–water partition coefficient (Wildman–Crippen LogP) is 1.56. The lowest BCUT2D eigenvalue weighted by molar-refractivity contribution is -0.0298. The van der Waals surface area contributed by atoms with Gasteiger partial charge in [-0.05, 0) is 32.1 Å². The quantitative estimate of drug-likeness (QED) is 0.811. The van der Waals surface area contributed by atoms with Crippen LogP contribution in [-0.4, -0.2) is 59.3 Å². The normalized spacial score (nSPS) is 36.9. The van der Waals surface area contributed by atoms with E-state index in [1.807, 2.05) is 6.92 Å². The van der Waals surface area contributed by atoms with Gasteiger partial charge in [0.15, 0.2) is 0 Å². The molecule has 1 saturated heterocycles. The van der Waals surface area contributed by atoms with Gasteiger partial charge < -0.3 is 10.0 Å². The van der Waals surface area contributed by atoms with Crippen LogP contribution in [0.1, 0.15) is 40.0 Å². The van der Waals surface area contributed by atoms with Crippen molar-refractivity contribution in [2.75, 3.05) is 32.7 Å². The summed E-state index contributed by atoms with van der Waals surface area (Å²) in [4.78, 5) is 5.08. The van der Waals surface area contributed by atoms with Crippen LogP contribution in [-0.2, 0) is 0 Å². The van der Waals surface area contributed by atoms with Crippen molar-refractivity contribution in [1.29, 1.82) is 0 Å². The summed E-state index contributed by atoms with van der Waals surface area (Å²) < 4.78 is 0. The smallest absolute Gasteiger partial charge is 0.0774 e. The minimum Gasteiger partial charge on any atom is -0.389 e. The molecule has 0 bridgehead atoms. The summed E-state index contributed by atoms with van der Waals surface area (Å²) in [6.45, 7) is 12.4. The monoisotopic (exact) mass is 240 g/mol. The van der Waals surface area contributed by atoms with Gasteiger partial charge >= 0.3 is 0 Å². The molecule has 2 rings (SSSR count). The number of hydrogen-bond donors (Lipinski definition) is 1. The summed E-state index contributed by atoms with van der Waals surface area (Å²) in [7, 11) is 0. The van der Waals surface area contributed by atoms with Gasteiger partial charge in [-0.3, -0.25) is 4.90 Å². The van der Waals surface area contributed by atoms with Crippen molar-refractivity contribution < 1.29 is 5.11 Å². The van der Waals surface area contributed by atoms with Crippen LogP contribution in [0.3, 0.4) is 0 Å². The third-order valence-corrected chi connectivity index (χ3v) is 4.35. The summed E-state index contributed by atoms with van der Waals surface area (Å²) in [5, 5.41) is 10.4. The Morgan fingerprint density at radius 1 is 1.24 bits per heavy atom. The highest BCUT2D eigenvalue weighted by Gasteiger charge is 2.41. The molecule has 0 amide bonds. The first-order valence-electron chi connectivity index (χ1n) is 7.18. The molecule has 2 atom stereocenters. The molecule has 2 fully saturated rings. The first-order chi connectivity index (χ1) is 7.99. The van der Waals surface area contributed by atoms with Gasteiger partial charge in [-0.25, -0.2) is 0 Å². The second kappa shape index (κ2) is 5.25. The Bertz CT molecular complexity index is 245. The maximum Gasteiger partial charge on any atom is 0.0774 e. The molecule has 1 heterocycles. The van der Waals surface area contributed by atoms with E-state index in [1.54, 1.807) is 0 Å². The van der Waals surface area contributed by atoms with Crippen molar-refractivity contribution in [3.8, 4) is 0 Å². The van der Waals surface area contributed by atoms with Crippen LogP contribution in [0.15, 0.2) is 0 Å². The standard InChI is InChI=1S/C14H28N2O/c1-12(2)11-15-7-9-16(10-8-15)13-5-4-6-14(13,3)17/h12-13,17H,4-11H2,1-3H3. The van der Waals surface area contributed by atoms with Crippen LogP contribution in [0.5, 0.6) is 0 Å². The molecule has 1 aliphatic heterocycles. The zero-order valence-corrected chi connectivity index (χ0v) is 11.7. The Hall–Kier alpha value is -0.120. The van der Waals surface area contributed by atoms with E-state index >= 15 is 0 Å². The van der Waals surface area contributed by atoms with Crippen LogP contribution < -0.4 is 0 Å². The lowest BCUT2D eigenvalue weighted by Crippen LogP contribution is -2.55. The molecule has 2 aliphatic rings. The predicted molar refractivity (Wildman–Crippen MR) is 71.1 cm³/mol. The van der Waals surface area contributed by atoms with Crippen molar-refractivity contribution in [2.24, 2.45) is 5.92 Å². The lowest BCUT2D eigenvalue weighted by atomic mass is 9.98. The molecule has 1 N–H and O–H groups in total. The van der Waals surface area contributed by atoms with Gasteiger partial charge in [-0.1, -0.05) is 13.8 Å². The maximum absolute atomic E-state index is 10.4. The molecule has 3 heteroatoms. The van der Waals surface area contributed by atoms with Gasteiger partial charge in [0.2, 0.25) is 0 Å². The molecule has 0 aromatic heterocycles. The number of piperazine rings is 1. The molecule has 1 aliphatic carbocycles. The molecule has 3 nitrogen and oxygen atoms in total. The third-order valence-electron chi connectivity index (χ3n) is 4.35. The summed E-state index contributed by atoms with van der Waals surface area (Å²) in [5.74, 6) is 0.760. The van der Waals surface area contributed by atoms with Gasteiger partial charge in [0, 0.05) is 38.8 Å². The highest BCUT2D eigenvalue weighted by Crippen LogP contribution is 2.33. The van der Waals surface area contributed by atoms with E-state index in [2.05, 4.69) is 23.6 Å². The number of rotatable bonds is 3. The van der Waals surface area contributed by atoms with Crippen LogP contribution >= 0.6 is 0 Å². The van der Waals surface area contributed by atoms with Crippen LogP contribution in [0.25, 0.3) is 0 Å². The summed E-state index contributed by atoms with van der Waals surface area (Å²) in [6.07, 6.45) is 3.34. The van der Waals surface area contributed by atoms with Crippen molar-refractivity contribution >= 4 is 0 Å². The second-order valence-corrected chi connectivity index (χ2v) is 6.50. The number of hydrogen-bond acceptors (Lipinski definition) is 3. The van der Waals surface area contributed by atoms with E-state index in [0.717, 1.165) is 25.4 Å². The van der Waals surface area contributed by atoms with E-state index in [1.165, 1.54) is 32.5 Å². The third kappa shape index (κ3) is 3.21. The number of nitrogens with zero attached hydrogens (tertiary/aromatic N) is 2. The SMILES string of the molecule is CC(C)CN1CCN(C2CCCC2(C)O)CC1. The molecule has 0 spiro atoms. The Morgan fingerprint density at radius 2 is 1.88 bits per heavy atom. The summed E-state index contributed by atoms with van der Waals surface area (Å²) in [5.41, 5.74) is -0.444. The Balaban J connectivity index is 1.83. The second-order valence-electron chi connectivity index (χ2n) is 6.50. The molecule has 17 heavy (non-hydrogen) atoms. The van der Waals surface area contributed by atoms with Crippen molar-refractivity contribution in [3.63, 3.8) is 0 Å². The Kier molecular flexibility index (Phi) is 4.11. The van der Waals surface area contributed by atoms with Gasteiger partial charge in [0.05, 0.1) is 5.60 Å². The van der Waals surface area contributed by atoms with Gasteiger partial charge in [-0.2, -0.15) is 0 Å². The minimum atomic E-state index is -0.444. The molecule has 0 aromatic rings.